The second-order valence-corrected chi connectivity index (χ2v) is 6.01. The van der Waals surface area contributed by atoms with Crippen molar-refractivity contribution in [2.75, 3.05) is 38.2 Å². The molecule has 1 aliphatic rings. The molecule has 25 heavy (non-hydrogen) atoms. The van der Waals surface area contributed by atoms with Gasteiger partial charge in [-0.3, -0.25) is 14.4 Å². The van der Waals surface area contributed by atoms with E-state index in [1.54, 1.807) is 0 Å². The van der Waals surface area contributed by atoms with E-state index in [1.807, 2.05) is 49.2 Å². The maximum Gasteiger partial charge on any atom is 0.308 e. The summed E-state index contributed by atoms with van der Waals surface area (Å²) >= 11 is 0. The summed E-state index contributed by atoms with van der Waals surface area (Å²) < 4.78 is 5.05. The second kappa shape index (κ2) is 9.05. The average molecular weight is 347 g/mol. The van der Waals surface area contributed by atoms with Crippen LogP contribution in [-0.2, 0) is 19.1 Å². The van der Waals surface area contributed by atoms with Crippen LogP contribution in [-0.4, -0.2) is 62.0 Å². The molecule has 1 atom stereocenters. The van der Waals surface area contributed by atoms with Crippen LogP contribution in [0.2, 0.25) is 0 Å². The Hall–Kier alpha value is -2.57. The summed E-state index contributed by atoms with van der Waals surface area (Å²) in [5.41, 5.74) is 0.913. The number of ether oxygens (including phenoxy) is 1. The summed E-state index contributed by atoms with van der Waals surface area (Å²) in [7, 11) is 1.82. The molecular weight excluding hydrogens is 322 g/mol. The van der Waals surface area contributed by atoms with E-state index in [0.29, 0.717) is 26.1 Å². The second-order valence-electron chi connectivity index (χ2n) is 6.01. The van der Waals surface area contributed by atoms with Gasteiger partial charge in [0.25, 0.3) is 0 Å². The zero-order valence-corrected chi connectivity index (χ0v) is 14.7. The maximum absolute atomic E-state index is 12.7. The van der Waals surface area contributed by atoms with E-state index in [2.05, 4.69) is 5.32 Å². The number of carbonyl (C=O) groups excluding carboxylic acids is 3. The van der Waals surface area contributed by atoms with Crippen molar-refractivity contribution in [2.24, 2.45) is 0 Å². The summed E-state index contributed by atoms with van der Waals surface area (Å²) in [4.78, 5) is 40.0. The molecule has 0 radical (unpaired) electrons. The molecule has 136 valence electrons. The molecule has 1 aromatic rings. The zero-order chi connectivity index (χ0) is 18.2. The van der Waals surface area contributed by atoms with Crippen molar-refractivity contribution in [2.45, 2.75) is 25.8 Å². The van der Waals surface area contributed by atoms with E-state index in [1.165, 1.54) is 4.90 Å². The average Bonchev–Trinajstić information content (AvgIpc) is 2.62. The third-order valence-corrected chi connectivity index (χ3v) is 4.05. The minimum absolute atomic E-state index is 0.118. The van der Waals surface area contributed by atoms with Gasteiger partial charge in [-0.2, -0.15) is 0 Å². The van der Waals surface area contributed by atoms with Crippen LogP contribution in [0.4, 0.5) is 5.69 Å². The van der Waals surface area contributed by atoms with E-state index >= 15 is 0 Å². The molecule has 1 heterocycles. The van der Waals surface area contributed by atoms with Gasteiger partial charge in [-0.25, -0.2) is 0 Å². The van der Waals surface area contributed by atoms with Gasteiger partial charge in [-0.15, -0.1) is 0 Å². The first-order valence-corrected chi connectivity index (χ1v) is 8.52. The van der Waals surface area contributed by atoms with Gasteiger partial charge in [0, 0.05) is 25.8 Å². The van der Waals surface area contributed by atoms with Gasteiger partial charge in [0.1, 0.15) is 6.04 Å². The molecule has 0 aliphatic carbocycles. The Morgan fingerprint density at radius 1 is 1.32 bits per heavy atom. The summed E-state index contributed by atoms with van der Waals surface area (Å²) in [6, 6.07) is 8.72. The Morgan fingerprint density at radius 3 is 2.72 bits per heavy atom. The number of para-hydroxylation sites is 1. The Balaban J connectivity index is 2.01. The van der Waals surface area contributed by atoms with Crippen molar-refractivity contribution in [3.05, 3.63) is 30.3 Å². The topological polar surface area (TPSA) is 79.0 Å². The lowest BCUT2D eigenvalue weighted by Crippen LogP contribution is -2.59. The SMILES string of the molecule is CCCOC(=O)CC1C(=O)NCCN1C(=O)CN(C)c1ccccc1. The number of amides is 2. The zero-order valence-electron chi connectivity index (χ0n) is 14.7. The van der Waals surface area contributed by atoms with Gasteiger partial charge in [-0.1, -0.05) is 25.1 Å². The number of nitrogens with one attached hydrogen (secondary N) is 1. The molecular formula is C18H25N3O4. The fourth-order valence-corrected chi connectivity index (χ4v) is 2.72. The van der Waals surface area contributed by atoms with Crippen molar-refractivity contribution < 1.29 is 19.1 Å². The Morgan fingerprint density at radius 2 is 2.04 bits per heavy atom. The van der Waals surface area contributed by atoms with Crippen molar-refractivity contribution in [1.82, 2.24) is 10.2 Å². The monoisotopic (exact) mass is 347 g/mol. The van der Waals surface area contributed by atoms with E-state index < -0.39 is 12.0 Å². The molecule has 2 rings (SSSR count). The van der Waals surface area contributed by atoms with Crippen LogP contribution in [0.1, 0.15) is 19.8 Å². The molecule has 1 N–H and O–H groups in total. The lowest BCUT2D eigenvalue weighted by atomic mass is 10.1. The number of rotatable bonds is 7. The molecule has 1 fully saturated rings. The third-order valence-electron chi connectivity index (χ3n) is 4.05. The first-order valence-electron chi connectivity index (χ1n) is 8.52. The molecule has 1 aromatic carbocycles. The summed E-state index contributed by atoms with van der Waals surface area (Å²) in [5.74, 6) is -0.956. The van der Waals surface area contributed by atoms with Gasteiger partial charge in [0.15, 0.2) is 0 Å². The minimum Gasteiger partial charge on any atom is -0.466 e. The molecule has 1 saturated heterocycles. The van der Waals surface area contributed by atoms with Gasteiger partial charge in [0.2, 0.25) is 11.8 Å². The first kappa shape index (κ1) is 18.8. The molecule has 0 spiro atoms. The summed E-state index contributed by atoms with van der Waals surface area (Å²) in [6.07, 6.45) is 0.597. The molecule has 0 bridgehead atoms. The number of carbonyl (C=O) groups is 3. The van der Waals surface area contributed by atoms with Crippen LogP contribution in [0.25, 0.3) is 0 Å². The number of likely N-dealkylation sites (N-methyl/N-ethyl adjacent to an activating group) is 1. The van der Waals surface area contributed by atoms with Crippen LogP contribution in [0.5, 0.6) is 0 Å². The lowest BCUT2D eigenvalue weighted by molar-refractivity contribution is -0.151. The smallest absolute Gasteiger partial charge is 0.308 e. The fourth-order valence-electron chi connectivity index (χ4n) is 2.72. The highest BCUT2D eigenvalue weighted by Gasteiger charge is 2.35. The van der Waals surface area contributed by atoms with Gasteiger partial charge >= 0.3 is 5.97 Å². The number of anilines is 1. The standard InChI is InChI=1S/C18H25N3O4/c1-3-11-25-17(23)12-15-18(24)19-9-10-21(15)16(22)13-20(2)14-7-5-4-6-8-14/h4-8,15H,3,9-13H2,1-2H3,(H,19,24). The van der Waals surface area contributed by atoms with Crippen molar-refractivity contribution in [3.8, 4) is 0 Å². The van der Waals surface area contributed by atoms with Crippen molar-refractivity contribution >= 4 is 23.5 Å². The highest BCUT2D eigenvalue weighted by atomic mass is 16.5. The summed E-state index contributed by atoms with van der Waals surface area (Å²) in [5, 5.41) is 2.71. The number of nitrogens with zero attached hydrogens (tertiary/aromatic N) is 2. The number of esters is 1. The minimum atomic E-state index is -0.810. The number of hydrogen-bond donors (Lipinski definition) is 1. The fraction of sp³-hybridized carbons (Fsp3) is 0.500. The predicted octanol–water partition coefficient (Wildman–Crippen LogP) is 0.793. The molecule has 0 aromatic heterocycles. The van der Waals surface area contributed by atoms with Crippen LogP contribution >= 0.6 is 0 Å². The quantitative estimate of drug-likeness (QED) is 0.738. The van der Waals surface area contributed by atoms with Gasteiger partial charge in [0.05, 0.1) is 19.6 Å². The van der Waals surface area contributed by atoms with Gasteiger partial charge in [-0.05, 0) is 18.6 Å². The van der Waals surface area contributed by atoms with Crippen molar-refractivity contribution in [1.29, 1.82) is 0 Å². The number of hydrogen-bond acceptors (Lipinski definition) is 5. The Labute approximate surface area is 147 Å². The Bertz CT molecular complexity index is 606. The molecule has 7 nitrogen and oxygen atoms in total. The van der Waals surface area contributed by atoms with Crippen LogP contribution in [0, 0.1) is 0 Å². The Kier molecular flexibility index (Phi) is 6.80. The molecule has 2 amide bonds. The van der Waals surface area contributed by atoms with E-state index in [-0.39, 0.29) is 24.8 Å². The van der Waals surface area contributed by atoms with Crippen molar-refractivity contribution in [3.63, 3.8) is 0 Å². The lowest BCUT2D eigenvalue weighted by Gasteiger charge is -2.35. The molecule has 1 aliphatic heterocycles. The normalized spacial score (nSPS) is 17.0. The third kappa shape index (κ3) is 5.20. The highest BCUT2D eigenvalue weighted by Crippen LogP contribution is 2.14. The van der Waals surface area contributed by atoms with E-state index in [4.69, 9.17) is 4.74 Å². The van der Waals surface area contributed by atoms with Crippen LogP contribution in [0.3, 0.4) is 0 Å². The maximum atomic E-state index is 12.7. The largest absolute Gasteiger partial charge is 0.466 e. The first-order chi connectivity index (χ1) is 12.0. The van der Waals surface area contributed by atoms with Crippen LogP contribution in [0.15, 0.2) is 30.3 Å². The number of piperazine rings is 1. The number of benzene rings is 1. The predicted molar refractivity (Wildman–Crippen MR) is 94.1 cm³/mol. The highest BCUT2D eigenvalue weighted by molar-refractivity contribution is 5.93. The molecule has 0 saturated carbocycles. The van der Waals surface area contributed by atoms with Gasteiger partial charge < -0.3 is 19.9 Å². The van der Waals surface area contributed by atoms with Crippen LogP contribution < -0.4 is 10.2 Å². The van der Waals surface area contributed by atoms with E-state index in [0.717, 1.165) is 5.69 Å². The molecule has 7 heteroatoms. The summed E-state index contributed by atoms with van der Waals surface area (Å²) in [6.45, 7) is 3.13. The van der Waals surface area contributed by atoms with E-state index in [9.17, 15) is 14.4 Å². The molecule has 1 unspecified atom stereocenters.